The number of aromatic nitrogens is 2. The first kappa shape index (κ1) is 15.4. The summed E-state index contributed by atoms with van der Waals surface area (Å²) in [4.78, 5) is 18.0. The standard InChI is InChI=1S/C15H19ClN4O/c1-4-20-8-7-17-14(20)10-18-13-9-11(16)5-6-12(13)15(21)19(2)3/h5-9,18H,4,10H2,1-3H3. The summed E-state index contributed by atoms with van der Waals surface area (Å²) >= 11 is 6.03. The lowest BCUT2D eigenvalue weighted by molar-refractivity contribution is 0.0828. The number of anilines is 1. The van der Waals surface area contributed by atoms with Gasteiger partial charge in [0.05, 0.1) is 12.1 Å². The van der Waals surface area contributed by atoms with Crippen molar-refractivity contribution in [2.24, 2.45) is 0 Å². The zero-order valence-electron chi connectivity index (χ0n) is 12.4. The summed E-state index contributed by atoms with van der Waals surface area (Å²) in [6.45, 7) is 3.45. The van der Waals surface area contributed by atoms with Crippen LogP contribution in [0.1, 0.15) is 23.1 Å². The molecule has 0 unspecified atom stereocenters. The van der Waals surface area contributed by atoms with Gasteiger partial charge in [0.15, 0.2) is 0 Å². The van der Waals surface area contributed by atoms with Crippen LogP contribution in [-0.2, 0) is 13.1 Å². The maximum Gasteiger partial charge on any atom is 0.255 e. The lowest BCUT2D eigenvalue weighted by Crippen LogP contribution is -2.23. The molecule has 1 aromatic carbocycles. The largest absolute Gasteiger partial charge is 0.377 e. The Labute approximate surface area is 129 Å². The minimum absolute atomic E-state index is 0.0620. The van der Waals surface area contributed by atoms with Gasteiger partial charge in [-0.05, 0) is 25.1 Å². The number of amides is 1. The lowest BCUT2D eigenvalue weighted by atomic mass is 10.1. The van der Waals surface area contributed by atoms with E-state index in [-0.39, 0.29) is 5.91 Å². The average molecular weight is 307 g/mol. The highest BCUT2D eigenvalue weighted by Gasteiger charge is 2.14. The van der Waals surface area contributed by atoms with Crippen molar-refractivity contribution in [3.05, 3.63) is 47.0 Å². The summed E-state index contributed by atoms with van der Waals surface area (Å²) in [5, 5.41) is 3.84. The number of carbonyl (C=O) groups is 1. The van der Waals surface area contributed by atoms with E-state index in [9.17, 15) is 4.79 Å². The molecule has 1 N–H and O–H groups in total. The number of imidazole rings is 1. The number of aryl methyl sites for hydroxylation is 1. The third kappa shape index (κ3) is 3.55. The number of benzene rings is 1. The smallest absolute Gasteiger partial charge is 0.255 e. The van der Waals surface area contributed by atoms with E-state index in [1.807, 2.05) is 10.8 Å². The van der Waals surface area contributed by atoms with Crippen molar-refractivity contribution in [1.82, 2.24) is 14.5 Å². The predicted molar refractivity (Wildman–Crippen MR) is 84.7 cm³/mol. The predicted octanol–water partition coefficient (Wildman–Crippen LogP) is 2.87. The summed E-state index contributed by atoms with van der Waals surface area (Å²) in [6, 6.07) is 5.22. The first-order valence-electron chi connectivity index (χ1n) is 6.78. The Hall–Kier alpha value is -2.01. The van der Waals surface area contributed by atoms with Crippen LogP contribution in [0, 0.1) is 0 Å². The first-order chi connectivity index (χ1) is 10.0. The molecule has 0 bridgehead atoms. The molecule has 0 aliphatic heterocycles. The molecule has 5 nitrogen and oxygen atoms in total. The second-order valence-corrected chi connectivity index (χ2v) is 5.31. The van der Waals surface area contributed by atoms with E-state index in [1.165, 1.54) is 0 Å². The third-order valence-corrected chi connectivity index (χ3v) is 3.43. The summed E-state index contributed by atoms with van der Waals surface area (Å²) < 4.78 is 2.05. The molecule has 0 radical (unpaired) electrons. The van der Waals surface area contributed by atoms with Gasteiger partial charge in [-0.2, -0.15) is 0 Å². The number of nitrogens with one attached hydrogen (secondary N) is 1. The van der Waals surface area contributed by atoms with Crippen LogP contribution in [0.4, 0.5) is 5.69 Å². The van der Waals surface area contributed by atoms with Gasteiger partial charge in [-0.15, -0.1) is 0 Å². The molecule has 112 valence electrons. The van der Waals surface area contributed by atoms with Crippen LogP contribution in [0.5, 0.6) is 0 Å². The molecule has 0 fully saturated rings. The molecular weight excluding hydrogens is 288 g/mol. The molecule has 2 aromatic rings. The van der Waals surface area contributed by atoms with E-state index >= 15 is 0 Å². The van der Waals surface area contributed by atoms with Crippen molar-refractivity contribution in [2.75, 3.05) is 19.4 Å². The molecular formula is C15H19ClN4O. The molecule has 0 aliphatic carbocycles. The van der Waals surface area contributed by atoms with E-state index in [2.05, 4.69) is 17.2 Å². The Morgan fingerprint density at radius 3 is 2.86 bits per heavy atom. The Kier molecular flexibility index (Phi) is 4.85. The van der Waals surface area contributed by atoms with Crippen LogP contribution >= 0.6 is 11.6 Å². The van der Waals surface area contributed by atoms with Crippen LogP contribution in [-0.4, -0.2) is 34.5 Å². The maximum absolute atomic E-state index is 12.2. The van der Waals surface area contributed by atoms with Crippen molar-refractivity contribution in [3.63, 3.8) is 0 Å². The van der Waals surface area contributed by atoms with E-state index in [4.69, 9.17) is 11.6 Å². The molecule has 0 saturated heterocycles. The molecule has 1 amide bonds. The zero-order valence-corrected chi connectivity index (χ0v) is 13.2. The van der Waals surface area contributed by atoms with Gasteiger partial charge in [0, 0.05) is 43.7 Å². The SMILES string of the molecule is CCn1ccnc1CNc1cc(Cl)ccc1C(=O)N(C)C. The second kappa shape index (κ2) is 6.63. The highest BCUT2D eigenvalue weighted by Crippen LogP contribution is 2.22. The van der Waals surface area contributed by atoms with Crippen molar-refractivity contribution < 1.29 is 4.79 Å². The van der Waals surface area contributed by atoms with Crippen LogP contribution < -0.4 is 5.32 Å². The van der Waals surface area contributed by atoms with Gasteiger partial charge in [0.2, 0.25) is 0 Å². The number of hydrogen-bond donors (Lipinski definition) is 1. The van der Waals surface area contributed by atoms with E-state index in [0.717, 1.165) is 12.4 Å². The van der Waals surface area contributed by atoms with E-state index in [1.54, 1.807) is 43.4 Å². The minimum atomic E-state index is -0.0620. The monoisotopic (exact) mass is 306 g/mol. The molecule has 1 aromatic heterocycles. The van der Waals surface area contributed by atoms with Gasteiger partial charge in [-0.25, -0.2) is 4.98 Å². The summed E-state index contributed by atoms with van der Waals surface area (Å²) in [7, 11) is 3.45. The van der Waals surface area contributed by atoms with Gasteiger partial charge in [0.1, 0.15) is 5.82 Å². The minimum Gasteiger partial charge on any atom is -0.377 e. The first-order valence-corrected chi connectivity index (χ1v) is 7.15. The van der Waals surface area contributed by atoms with E-state index < -0.39 is 0 Å². The quantitative estimate of drug-likeness (QED) is 0.924. The summed E-state index contributed by atoms with van der Waals surface area (Å²) in [6.07, 6.45) is 3.70. The van der Waals surface area contributed by atoms with Crippen molar-refractivity contribution in [2.45, 2.75) is 20.0 Å². The Morgan fingerprint density at radius 1 is 1.43 bits per heavy atom. The van der Waals surface area contributed by atoms with Gasteiger partial charge in [0.25, 0.3) is 5.91 Å². The Morgan fingerprint density at radius 2 is 2.19 bits per heavy atom. The second-order valence-electron chi connectivity index (χ2n) is 4.87. The number of nitrogens with zero attached hydrogens (tertiary/aromatic N) is 3. The van der Waals surface area contributed by atoms with Gasteiger partial charge in [-0.1, -0.05) is 11.6 Å². The van der Waals surface area contributed by atoms with Gasteiger partial charge < -0.3 is 14.8 Å². The zero-order chi connectivity index (χ0) is 15.4. The molecule has 0 atom stereocenters. The molecule has 0 aliphatic rings. The highest BCUT2D eigenvalue weighted by atomic mass is 35.5. The number of rotatable bonds is 5. The fraction of sp³-hybridized carbons (Fsp3) is 0.333. The Balaban J connectivity index is 2.22. The van der Waals surface area contributed by atoms with Crippen molar-refractivity contribution in [1.29, 1.82) is 0 Å². The topological polar surface area (TPSA) is 50.2 Å². The molecule has 1 heterocycles. The molecule has 0 spiro atoms. The fourth-order valence-electron chi connectivity index (χ4n) is 2.06. The molecule has 6 heteroatoms. The maximum atomic E-state index is 12.2. The van der Waals surface area contributed by atoms with Crippen LogP contribution in [0.2, 0.25) is 5.02 Å². The van der Waals surface area contributed by atoms with Crippen LogP contribution in [0.25, 0.3) is 0 Å². The fourth-order valence-corrected chi connectivity index (χ4v) is 2.23. The lowest BCUT2D eigenvalue weighted by Gasteiger charge is -2.16. The highest BCUT2D eigenvalue weighted by molar-refractivity contribution is 6.31. The summed E-state index contributed by atoms with van der Waals surface area (Å²) in [5.74, 6) is 0.855. The number of carbonyl (C=O) groups excluding carboxylic acids is 1. The van der Waals surface area contributed by atoms with Gasteiger partial charge >= 0.3 is 0 Å². The summed E-state index contributed by atoms with van der Waals surface area (Å²) in [5.41, 5.74) is 1.31. The number of halogens is 1. The molecule has 2 rings (SSSR count). The average Bonchev–Trinajstić information content (AvgIpc) is 2.91. The van der Waals surface area contributed by atoms with Crippen LogP contribution in [0.3, 0.4) is 0 Å². The van der Waals surface area contributed by atoms with E-state index in [0.29, 0.717) is 22.8 Å². The van der Waals surface area contributed by atoms with Crippen molar-refractivity contribution in [3.8, 4) is 0 Å². The van der Waals surface area contributed by atoms with Gasteiger partial charge in [-0.3, -0.25) is 4.79 Å². The third-order valence-electron chi connectivity index (χ3n) is 3.20. The van der Waals surface area contributed by atoms with Crippen molar-refractivity contribution >= 4 is 23.2 Å². The van der Waals surface area contributed by atoms with Crippen LogP contribution in [0.15, 0.2) is 30.6 Å². The molecule has 0 saturated carbocycles. The normalized spacial score (nSPS) is 10.5. The molecule has 21 heavy (non-hydrogen) atoms. The Bertz CT molecular complexity index is 636. The number of hydrogen-bond acceptors (Lipinski definition) is 3.